The first-order valence-electron chi connectivity index (χ1n) is 4.35. The van der Waals surface area contributed by atoms with Gasteiger partial charge in [-0.1, -0.05) is 12.1 Å². The van der Waals surface area contributed by atoms with Gasteiger partial charge in [0, 0.05) is 6.07 Å². The molecule has 2 unspecified atom stereocenters. The molecular weight excluding hydrogens is 200 g/mol. The Labute approximate surface area is 86.1 Å². The second-order valence-corrected chi connectivity index (χ2v) is 3.11. The lowest BCUT2D eigenvalue weighted by Gasteiger charge is -2.16. The number of hydrogen-bond acceptors (Lipinski definition) is 5. The van der Waals surface area contributed by atoms with E-state index in [4.69, 9.17) is 10.8 Å². The molecule has 2 atom stereocenters. The summed E-state index contributed by atoms with van der Waals surface area (Å²) in [4.78, 5) is 10.0. The third-order valence-electron chi connectivity index (χ3n) is 2.07. The van der Waals surface area contributed by atoms with Crippen molar-refractivity contribution in [3.05, 3.63) is 39.9 Å². The Bertz CT molecular complexity index is 356. The van der Waals surface area contributed by atoms with Crippen LogP contribution in [0.3, 0.4) is 0 Å². The predicted molar refractivity (Wildman–Crippen MR) is 53.1 cm³/mol. The zero-order valence-corrected chi connectivity index (χ0v) is 7.91. The summed E-state index contributed by atoms with van der Waals surface area (Å²) in [6, 6.07) is 4.83. The van der Waals surface area contributed by atoms with Crippen LogP contribution < -0.4 is 5.73 Å². The van der Waals surface area contributed by atoms with E-state index in [2.05, 4.69) is 0 Å². The number of nitrogens with two attached hydrogens (primary N) is 1. The zero-order valence-electron chi connectivity index (χ0n) is 7.91. The molecule has 6 nitrogen and oxygen atoms in total. The third-order valence-corrected chi connectivity index (χ3v) is 2.07. The second-order valence-electron chi connectivity index (χ2n) is 3.11. The second kappa shape index (κ2) is 4.83. The minimum Gasteiger partial charge on any atom is -0.395 e. The van der Waals surface area contributed by atoms with Gasteiger partial charge in [0.2, 0.25) is 0 Å². The van der Waals surface area contributed by atoms with Gasteiger partial charge >= 0.3 is 0 Å². The summed E-state index contributed by atoms with van der Waals surface area (Å²) in [5.41, 5.74) is 5.31. The van der Waals surface area contributed by atoms with Crippen molar-refractivity contribution < 1.29 is 15.1 Å². The number of rotatable bonds is 4. The fourth-order valence-electron chi connectivity index (χ4n) is 1.23. The quantitative estimate of drug-likeness (QED) is 0.478. The van der Waals surface area contributed by atoms with E-state index in [9.17, 15) is 15.2 Å². The molecule has 4 N–H and O–H groups in total. The smallest absolute Gasteiger partial charge is 0.275 e. The fraction of sp³-hybridized carbons (Fsp3) is 0.333. The monoisotopic (exact) mass is 212 g/mol. The van der Waals surface area contributed by atoms with Crippen molar-refractivity contribution >= 4 is 5.69 Å². The lowest BCUT2D eigenvalue weighted by molar-refractivity contribution is -0.386. The lowest BCUT2D eigenvalue weighted by Crippen LogP contribution is -2.32. The average molecular weight is 212 g/mol. The van der Waals surface area contributed by atoms with Crippen LogP contribution in [0.2, 0.25) is 0 Å². The molecule has 0 bridgehead atoms. The summed E-state index contributed by atoms with van der Waals surface area (Å²) < 4.78 is 0. The first-order chi connectivity index (χ1) is 7.07. The number of benzene rings is 1. The number of nitro benzene ring substituents is 1. The van der Waals surface area contributed by atoms with Crippen LogP contribution in [0.15, 0.2) is 24.3 Å². The number of nitrogens with zero attached hydrogens (tertiary/aromatic N) is 1. The Kier molecular flexibility index (Phi) is 3.73. The Morgan fingerprint density at radius 2 is 2.07 bits per heavy atom. The number of aliphatic hydroxyl groups is 2. The van der Waals surface area contributed by atoms with E-state index >= 15 is 0 Å². The van der Waals surface area contributed by atoms with E-state index in [0.717, 1.165) is 0 Å². The molecule has 0 saturated heterocycles. The molecule has 0 aromatic heterocycles. The van der Waals surface area contributed by atoms with Crippen molar-refractivity contribution in [1.29, 1.82) is 0 Å². The van der Waals surface area contributed by atoms with Crippen molar-refractivity contribution in [2.24, 2.45) is 5.73 Å². The highest BCUT2D eigenvalue weighted by Crippen LogP contribution is 2.25. The molecule has 0 saturated carbocycles. The van der Waals surface area contributed by atoms with Crippen molar-refractivity contribution in [2.45, 2.75) is 12.1 Å². The van der Waals surface area contributed by atoms with Crippen LogP contribution in [-0.2, 0) is 0 Å². The van der Waals surface area contributed by atoms with Crippen molar-refractivity contribution in [1.82, 2.24) is 0 Å². The van der Waals surface area contributed by atoms with E-state index in [1.54, 1.807) is 6.07 Å². The number of hydrogen-bond donors (Lipinski definition) is 3. The summed E-state index contributed by atoms with van der Waals surface area (Å²) >= 11 is 0. The summed E-state index contributed by atoms with van der Waals surface area (Å²) in [5.74, 6) is 0. The first-order valence-corrected chi connectivity index (χ1v) is 4.35. The normalized spacial score (nSPS) is 14.6. The summed E-state index contributed by atoms with van der Waals surface area (Å²) in [6.07, 6.45) is -1.24. The largest absolute Gasteiger partial charge is 0.395 e. The Morgan fingerprint density at radius 1 is 1.47 bits per heavy atom. The van der Waals surface area contributed by atoms with E-state index in [1.165, 1.54) is 18.2 Å². The van der Waals surface area contributed by atoms with Crippen LogP contribution in [0.4, 0.5) is 5.69 Å². The van der Waals surface area contributed by atoms with E-state index in [1.807, 2.05) is 0 Å². The molecule has 0 amide bonds. The molecule has 0 radical (unpaired) electrons. The summed E-state index contributed by atoms with van der Waals surface area (Å²) in [6.45, 7) is -0.437. The van der Waals surface area contributed by atoms with Gasteiger partial charge in [-0.3, -0.25) is 10.1 Å². The van der Waals surface area contributed by atoms with Crippen LogP contribution in [0.1, 0.15) is 11.7 Å². The van der Waals surface area contributed by atoms with Crippen LogP contribution in [0.5, 0.6) is 0 Å². The summed E-state index contributed by atoms with van der Waals surface area (Å²) in [5, 5.41) is 29.0. The molecule has 0 heterocycles. The fourth-order valence-corrected chi connectivity index (χ4v) is 1.23. The van der Waals surface area contributed by atoms with Crippen LogP contribution in [-0.4, -0.2) is 27.8 Å². The molecule has 6 heteroatoms. The maximum Gasteiger partial charge on any atom is 0.275 e. The maximum absolute atomic E-state index is 10.6. The van der Waals surface area contributed by atoms with Gasteiger partial charge in [-0.25, -0.2) is 0 Å². The van der Waals surface area contributed by atoms with E-state index < -0.39 is 23.7 Å². The Morgan fingerprint density at radius 3 is 2.60 bits per heavy atom. The van der Waals surface area contributed by atoms with Crippen LogP contribution in [0.25, 0.3) is 0 Å². The van der Waals surface area contributed by atoms with Gasteiger partial charge in [0.1, 0.15) is 6.10 Å². The standard InChI is InChI=1S/C9H12N2O4/c10-7(5-12)9(13)6-3-1-2-4-8(6)11(14)15/h1-4,7,9,12-13H,5,10H2. The van der Waals surface area contributed by atoms with Gasteiger partial charge in [-0.15, -0.1) is 0 Å². The molecule has 1 aromatic rings. The molecule has 0 aliphatic rings. The van der Waals surface area contributed by atoms with E-state index in [-0.39, 0.29) is 11.3 Å². The third kappa shape index (κ3) is 2.50. The zero-order chi connectivity index (χ0) is 11.4. The van der Waals surface area contributed by atoms with Gasteiger partial charge in [0.15, 0.2) is 0 Å². The highest BCUT2D eigenvalue weighted by atomic mass is 16.6. The molecule has 82 valence electrons. The van der Waals surface area contributed by atoms with Crippen LogP contribution >= 0.6 is 0 Å². The molecule has 1 aromatic carbocycles. The van der Waals surface area contributed by atoms with Gasteiger partial charge in [0.05, 0.1) is 23.1 Å². The lowest BCUT2D eigenvalue weighted by atomic mass is 10.0. The topological polar surface area (TPSA) is 110 Å². The summed E-state index contributed by atoms with van der Waals surface area (Å²) in [7, 11) is 0. The maximum atomic E-state index is 10.6. The highest BCUT2D eigenvalue weighted by molar-refractivity contribution is 5.41. The SMILES string of the molecule is NC(CO)C(O)c1ccccc1[N+](=O)[O-]. The Hall–Kier alpha value is -1.50. The first kappa shape index (κ1) is 11.6. The van der Waals surface area contributed by atoms with Gasteiger partial charge in [-0.2, -0.15) is 0 Å². The van der Waals surface area contributed by atoms with Crippen molar-refractivity contribution in [2.75, 3.05) is 6.61 Å². The van der Waals surface area contributed by atoms with Crippen LogP contribution in [0, 0.1) is 10.1 Å². The van der Waals surface area contributed by atoms with Gasteiger partial charge in [-0.05, 0) is 6.07 Å². The Balaban J connectivity index is 3.07. The minimum atomic E-state index is -1.24. The number of para-hydroxylation sites is 1. The molecule has 0 fully saturated rings. The molecule has 0 aliphatic heterocycles. The molecule has 1 rings (SSSR count). The van der Waals surface area contributed by atoms with Gasteiger partial charge in [0.25, 0.3) is 5.69 Å². The van der Waals surface area contributed by atoms with E-state index in [0.29, 0.717) is 0 Å². The van der Waals surface area contributed by atoms with Crippen molar-refractivity contribution in [3.63, 3.8) is 0 Å². The average Bonchev–Trinajstić information content (AvgIpc) is 2.27. The molecular formula is C9H12N2O4. The number of aliphatic hydroxyl groups excluding tert-OH is 2. The highest BCUT2D eigenvalue weighted by Gasteiger charge is 2.24. The van der Waals surface area contributed by atoms with Gasteiger partial charge < -0.3 is 15.9 Å². The predicted octanol–water partition coefficient (Wildman–Crippen LogP) is -0.0522. The minimum absolute atomic E-state index is 0.115. The van der Waals surface area contributed by atoms with Crippen molar-refractivity contribution in [3.8, 4) is 0 Å². The molecule has 15 heavy (non-hydrogen) atoms. The molecule has 0 spiro atoms. The molecule has 0 aliphatic carbocycles. The number of nitro groups is 1.